The SMILES string of the molecule is Cc1ccc2c(c1)B1c3cc4c(cc3N(c3ccc5c(c3)C(C)(C)CC5(C)C)c3cccc(c31)C2(C)C)C(C)(C)CC4(C)C. The average molecular weight is 578 g/mol. The van der Waals surface area contributed by atoms with Crippen LogP contribution >= 0.6 is 0 Å². The molecule has 0 saturated heterocycles. The van der Waals surface area contributed by atoms with E-state index in [0.717, 1.165) is 0 Å². The van der Waals surface area contributed by atoms with Crippen molar-refractivity contribution in [3.05, 3.63) is 106 Å². The van der Waals surface area contributed by atoms with Gasteiger partial charge in [-0.1, -0.05) is 123 Å². The summed E-state index contributed by atoms with van der Waals surface area (Å²) in [5.74, 6) is 0. The maximum atomic E-state index is 2.64. The van der Waals surface area contributed by atoms with Gasteiger partial charge < -0.3 is 4.90 Å². The molecule has 2 aliphatic heterocycles. The van der Waals surface area contributed by atoms with Crippen LogP contribution in [-0.4, -0.2) is 6.71 Å². The highest BCUT2D eigenvalue weighted by molar-refractivity contribution is 6.99. The summed E-state index contributed by atoms with van der Waals surface area (Å²) >= 11 is 0. The minimum absolute atomic E-state index is 0.0734. The lowest BCUT2D eigenvalue weighted by Gasteiger charge is -2.46. The lowest BCUT2D eigenvalue weighted by Crippen LogP contribution is -2.64. The summed E-state index contributed by atoms with van der Waals surface area (Å²) in [5, 5.41) is 0. The van der Waals surface area contributed by atoms with Crippen LogP contribution < -0.4 is 21.3 Å². The van der Waals surface area contributed by atoms with E-state index in [0.29, 0.717) is 0 Å². The first kappa shape index (κ1) is 28.2. The number of hydrogen-bond donors (Lipinski definition) is 0. The first-order valence-corrected chi connectivity index (χ1v) is 16.8. The van der Waals surface area contributed by atoms with Gasteiger partial charge in [0.25, 0.3) is 0 Å². The van der Waals surface area contributed by atoms with Gasteiger partial charge in [-0.3, -0.25) is 0 Å². The molecular formula is C42H48BN. The van der Waals surface area contributed by atoms with Crippen LogP contribution in [0.5, 0.6) is 0 Å². The summed E-state index contributed by atoms with van der Waals surface area (Å²) in [4.78, 5) is 2.64. The second-order valence-corrected chi connectivity index (χ2v) is 17.8. The van der Waals surface area contributed by atoms with Crippen LogP contribution in [0.4, 0.5) is 17.1 Å². The Labute approximate surface area is 266 Å². The average Bonchev–Trinajstić information content (AvgIpc) is 3.23. The number of rotatable bonds is 1. The molecular weight excluding hydrogens is 529 g/mol. The monoisotopic (exact) mass is 577 g/mol. The minimum Gasteiger partial charge on any atom is -0.311 e. The standard InChI is InChI=1S/C42H48BN/c1-25-15-17-28-33(19-25)43-34-21-31-32(41(8,9)24-40(31,6)7)22-36(34)44(35-14-12-13-29(37(35)43)42(28,10)11)26-16-18-27-30(20-26)39(4,5)23-38(27,2)3/h12-22H,23-24H2,1-11H3. The van der Waals surface area contributed by atoms with Crippen molar-refractivity contribution in [1.82, 2.24) is 0 Å². The van der Waals surface area contributed by atoms with E-state index in [4.69, 9.17) is 0 Å². The molecule has 0 saturated carbocycles. The molecule has 2 heterocycles. The van der Waals surface area contributed by atoms with Crippen molar-refractivity contribution in [1.29, 1.82) is 0 Å². The molecule has 2 aliphatic carbocycles. The van der Waals surface area contributed by atoms with E-state index >= 15 is 0 Å². The normalized spacial score (nSPS) is 21.7. The fourth-order valence-electron chi connectivity index (χ4n) is 10.7. The fourth-order valence-corrected chi connectivity index (χ4v) is 10.7. The molecule has 1 nitrogen and oxygen atoms in total. The van der Waals surface area contributed by atoms with E-state index < -0.39 is 0 Å². The molecule has 0 spiro atoms. The number of fused-ring (bicyclic) bond motifs is 6. The van der Waals surface area contributed by atoms with Gasteiger partial charge in [0.1, 0.15) is 0 Å². The third-order valence-electron chi connectivity index (χ3n) is 12.1. The second kappa shape index (κ2) is 8.31. The quantitative estimate of drug-likeness (QED) is 0.180. The van der Waals surface area contributed by atoms with Crippen molar-refractivity contribution in [2.24, 2.45) is 0 Å². The van der Waals surface area contributed by atoms with Gasteiger partial charge in [0.2, 0.25) is 6.71 Å². The Bertz CT molecular complexity index is 1920. The van der Waals surface area contributed by atoms with E-state index in [1.807, 2.05) is 0 Å². The zero-order valence-electron chi connectivity index (χ0n) is 28.8. The van der Waals surface area contributed by atoms with Crippen molar-refractivity contribution >= 4 is 40.2 Å². The van der Waals surface area contributed by atoms with Crippen LogP contribution in [0, 0.1) is 6.92 Å². The molecule has 224 valence electrons. The molecule has 4 aromatic rings. The lowest BCUT2D eigenvalue weighted by molar-refractivity contribution is 0.403. The van der Waals surface area contributed by atoms with Crippen LogP contribution in [0.2, 0.25) is 0 Å². The van der Waals surface area contributed by atoms with E-state index in [2.05, 4.69) is 148 Å². The Morgan fingerprint density at radius 1 is 0.523 bits per heavy atom. The summed E-state index contributed by atoms with van der Waals surface area (Å²) < 4.78 is 0. The van der Waals surface area contributed by atoms with Gasteiger partial charge in [-0.15, -0.1) is 0 Å². The summed E-state index contributed by atoms with van der Waals surface area (Å²) in [6, 6.07) is 27.0. The molecule has 0 fully saturated rings. The van der Waals surface area contributed by atoms with Gasteiger partial charge in [0.15, 0.2) is 0 Å². The Morgan fingerprint density at radius 3 is 1.80 bits per heavy atom. The van der Waals surface area contributed by atoms with E-state index in [9.17, 15) is 0 Å². The van der Waals surface area contributed by atoms with Gasteiger partial charge in [0, 0.05) is 22.5 Å². The van der Waals surface area contributed by atoms with Gasteiger partial charge in [-0.05, 0) is 110 Å². The highest BCUT2D eigenvalue weighted by atomic mass is 15.2. The highest BCUT2D eigenvalue weighted by Crippen LogP contribution is 2.54. The number of anilines is 3. The van der Waals surface area contributed by atoms with Crippen LogP contribution in [0.3, 0.4) is 0 Å². The molecule has 0 radical (unpaired) electrons. The Morgan fingerprint density at radius 2 is 1.11 bits per heavy atom. The predicted molar refractivity (Wildman–Crippen MR) is 190 cm³/mol. The zero-order chi connectivity index (χ0) is 31.4. The third-order valence-corrected chi connectivity index (χ3v) is 12.1. The van der Waals surface area contributed by atoms with Gasteiger partial charge >= 0.3 is 0 Å². The van der Waals surface area contributed by atoms with Crippen LogP contribution in [-0.2, 0) is 27.1 Å². The molecule has 0 amide bonds. The van der Waals surface area contributed by atoms with Crippen molar-refractivity contribution in [3.63, 3.8) is 0 Å². The topological polar surface area (TPSA) is 3.24 Å². The summed E-state index contributed by atoms with van der Waals surface area (Å²) in [7, 11) is 0. The van der Waals surface area contributed by atoms with Crippen LogP contribution in [0.25, 0.3) is 0 Å². The summed E-state index contributed by atoms with van der Waals surface area (Å²) in [5.41, 5.74) is 19.4. The first-order valence-electron chi connectivity index (χ1n) is 16.8. The second-order valence-electron chi connectivity index (χ2n) is 17.8. The Kier molecular flexibility index (Phi) is 5.33. The predicted octanol–water partition coefficient (Wildman–Crippen LogP) is 8.85. The molecule has 8 rings (SSSR count). The molecule has 4 aliphatic rings. The maximum absolute atomic E-state index is 2.64. The molecule has 0 N–H and O–H groups in total. The van der Waals surface area contributed by atoms with E-state index in [-0.39, 0.29) is 33.8 Å². The van der Waals surface area contributed by atoms with Crippen molar-refractivity contribution < 1.29 is 0 Å². The van der Waals surface area contributed by atoms with Crippen molar-refractivity contribution in [3.8, 4) is 0 Å². The van der Waals surface area contributed by atoms with Gasteiger partial charge in [-0.25, -0.2) is 0 Å². The van der Waals surface area contributed by atoms with Crippen LogP contribution in [0.15, 0.2) is 66.7 Å². The van der Waals surface area contributed by atoms with Gasteiger partial charge in [0.05, 0.1) is 0 Å². The van der Waals surface area contributed by atoms with E-state index in [1.54, 1.807) is 0 Å². The number of benzene rings is 4. The molecule has 0 unspecified atom stereocenters. The third kappa shape index (κ3) is 3.55. The molecule has 0 atom stereocenters. The Hall–Kier alpha value is -3.26. The lowest BCUT2D eigenvalue weighted by atomic mass is 9.30. The van der Waals surface area contributed by atoms with Crippen LogP contribution in [0.1, 0.15) is 121 Å². The summed E-state index contributed by atoms with van der Waals surface area (Å²) in [6.07, 6.45) is 2.35. The molecule has 0 aromatic heterocycles. The number of nitrogens with zero attached hydrogens (tertiary/aromatic N) is 1. The number of hydrogen-bond acceptors (Lipinski definition) is 1. The molecule has 0 bridgehead atoms. The minimum atomic E-state index is -0.0734. The smallest absolute Gasteiger partial charge is 0.247 e. The van der Waals surface area contributed by atoms with Crippen molar-refractivity contribution in [2.45, 2.75) is 116 Å². The molecule has 2 heteroatoms. The largest absolute Gasteiger partial charge is 0.311 e. The first-order chi connectivity index (χ1) is 20.4. The van der Waals surface area contributed by atoms with Crippen molar-refractivity contribution in [2.75, 3.05) is 4.90 Å². The fraction of sp³-hybridized carbons (Fsp3) is 0.429. The summed E-state index contributed by atoms with van der Waals surface area (Å²) in [6.45, 7) is 26.9. The molecule has 4 aromatic carbocycles. The Balaban J connectivity index is 1.48. The zero-order valence-corrected chi connectivity index (χ0v) is 28.8. The van der Waals surface area contributed by atoms with Gasteiger partial charge in [-0.2, -0.15) is 0 Å². The maximum Gasteiger partial charge on any atom is 0.247 e. The highest BCUT2D eigenvalue weighted by Gasteiger charge is 2.49. The molecule has 44 heavy (non-hydrogen) atoms. The number of aryl methyl sites for hydroxylation is 1. The van der Waals surface area contributed by atoms with E-state index in [1.165, 1.54) is 85.2 Å².